The highest BCUT2D eigenvalue weighted by Crippen LogP contribution is 2.62. The van der Waals surface area contributed by atoms with E-state index in [-0.39, 0.29) is 49.4 Å². The molecule has 3 fully saturated rings. The van der Waals surface area contributed by atoms with Crippen molar-refractivity contribution in [1.29, 1.82) is 5.26 Å². The van der Waals surface area contributed by atoms with E-state index in [9.17, 15) is 30.2 Å². The Morgan fingerprint density at radius 3 is 2.51 bits per heavy atom. The van der Waals surface area contributed by atoms with E-state index in [4.69, 9.17) is 0 Å². The zero-order chi connectivity index (χ0) is 26.2. The van der Waals surface area contributed by atoms with Crippen molar-refractivity contribution in [3.8, 4) is 17.6 Å². The first-order valence-electron chi connectivity index (χ1n) is 12.7. The third-order valence-electron chi connectivity index (χ3n) is 9.47. The largest absolute Gasteiger partial charge is 0.508 e. The Kier molecular flexibility index (Phi) is 5.10. The maximum absolute atomic E-state index is 14.2. The molecule has 1 saturated carbocycles. The molecule has 37 heavy (non-hydrogen) atoms. The molecule has 4 aliphatic rings. The Hall–Kier alpha value is -3.61. The fourth-order valence-electron chi connectivity index (χ4n) is 7.65. The molecule has 2 heterocycles. The molecule has 2 saturated heterocycles. The molecule has 9 nitrogen and oxygen atoms in total. The van der Waals surface area contributed by atoms with Crippen molar-refractivity contribution in [2.24, 2.45) is 0 Å². The van der Waals surface area contributed by atoms with Gasteiger partial charge in [0.15, 0.2) is 0 Å². The second-order valence-electron chi connectivity index (χ2n) is 11.1. The van der Waals surface area contributed by atoms with E-state index >= 15 is 0 Å². The molecule has 2 bridgehead atoms. The van der Waals surface area contributed by atoms with E-state index in [1.54, 1.807) is 24.3 Å². The normalized spacial score (nSPS) is 32.8. The summed E-state index contributed by atoms with van der Waals surface area (Å²) in [7, 11) is 2.01. The summed E-state index contributed by atoms with van der Waals surface area (Å²) in [6.45, 7) is 0.499. The molecule has 0 radical (unpaired) electrons. The van der Waals surface area contributed by atoms with Gasteiger partial charge in [-0.2, -0.15) is 5.26 Å². The van der Waals surface area contributed by atoms with Gasteiger partial charge in [0.25, 0.3) is 5.91 Å². The third-order valence-corrected chi connectivity index (χ3v) is 9.47. The number of amides is 3. The average molecular weight is 503 g/mol. The van der Waals surface area contributed by atoms with Crippen LogP contribution in [-0.2, 0) is 23.2 Å². The van der Waals surface area contributed by atoms with Crippen molar-refractivity contribution < 1.29 is 24.9 Å². The Balaban J connectivity index is 1.47. The van der Waals surface area contributed by atoms with Crippen molar-refractivity contribution in [1.82, 2.24) is 14.7 Å². The smallest absolute Gasteiger partial charge is 0.328 e. The molecular weight excluding hydrogens is 472 g/mol. The van der Waals surface area contributed by atoms with Crippen LogP contribution in [0.5, 0.6) is 11.5 Å². The summed E-state index contributed by atoms with van der Waals surface area (Å²) in [6.07, 6.45) is 1.94. The van der Waals surface area contributed by atoms with Crippen LogP contribution in [0.25, 0.3) is 0 Å². The van der Waals surface area contributed by atoms with E-state index in [0.717, 1.165) is 11.1 Å². The number of piperidine rings is 1. The number of phenols is 2. The number of hydrogen-bond acceptors (Lipinski definition) is 7. The Labute approximate surface area is 215 Å². The highest BCUT2D eigenvalue weighted by atomic mass is 16.3. The molecule has 2 aliphatic carbocycles. The average Bonchev–Trinajstić information content (AvgIpc) is 3.05. The molecule has 2 aromatic rings. The van der Waals surface area contributed by atoms with Gasteiger partial charge in [0, 0.05) is 11.5 Å². The van der Waals surface area contributed by atoms with Crippen molar-refractivity contribution >= 4 is 11.9 Å². The number of carbonyl (C=O) groups excluding carboxylic acids is 2. The van der Waals surface area contributed by atoms with Crippen molar-refractivity contribution in [3.63, 3.8) is 0 Å². The molecule has 1 spiro atoms. The molecule has 2 aromatic carbocycles. The van der Waals surface area contributed by atoms with Gasteiger partial charge in [0.1, 0.15) is 23.6 Å². The number of urea groups is 1. The number of imide groups is 1. The van der Waals surface area contributed by atoms with Crippen LogP contribution in [0.2, 0.25) is 0 Å². The van der Waals surface area contributed by atoms with Crippen LogP contribution in [0.15, 0.2) is 42.5 Å². The van der Waals surface area contributed by atoms with Gasteiger partial charge >= 0.3 is 6.03 Å². The molecule has 3 amide bonds. The van der Waals surface area contributed by atoms with Crippen LogP contribution in [0.4, 0.5) is 4.79 Å². The Morgan fingerprint density at radius 2 is 1.78 bits per heavy atom. The molecular formula is C28H30N4O5. The number of benzene rings is 2. The van der Waals surface area contributed by atoms with Gasteiger partial charge in [-0.25, -0.2) is 4.79 Å². The fraction of sp³-hybridized carbons (Fsp3) is 0.464. The van der Waals surface area contributed by atoms with Crippen LogP contribution >= 0.6 is 0 Å². The monoisotopic (exact) mass is 502 g/mol. The standard InChI is InChI=1S/C28H30N4O5/c1-30-12-10-26-17-27(8-9-28(26,37)23(30)14-19-4-7-21(34)15-22(19)26)24(35)31(25(36)32(27)13-11-29)16-18-2-5-20(33)6-3-18/h2-7,15,23,33-34,37H,8-10,12-14,16-17H2,1H3/t23?,26-,27+,28-/m1/s1. The van der Waals surface area contributed by atoms with Gasteiger partial charge < -0.3 is 20.2 Å². The second-order valence-corrected chi connectivity index (χ2v) is 11.1. The number of phenolic OH excluding ortho intramolecular Hbond substituents is 2. The number of aromatic hydroxyl groups is 2. The summed E-state index contributed by atoms with van der Waals surface area (Å²) >= 11 is 0. The third kappa shape index (κ3) is 3.09. The number of rotatable bonds is 3. The minimum Gasteiger partial charge on any atom is -0.508 e. The Bertz CT molecular complexity index is 1340. The Morgan fingerprint density at radius 1 is 1.05 bits per heavy atom. The predicted molar refractivity (Wildman–Crippen MR) is 132 cm³/mol. The number of carbonyl (C=O) groups is 2. The van der Waals surface area contributed by atoms with Crippen LogP contribution < -0.4 is 0 Å². The van der Waals surface area contributed by atoms with E-state index in [0.29, 0.717) is 31.4 Å². The highest BCUT2D eigenvalue weighted by Gasteiger charge is 2.71. The maximum atomic E-state index is 14.2. The van der Waals surface area contributed by atoms with Gasteiger partial charge in [-0.1, -0.05) is 18.2 Å². The molecule has 0 aromatic heterocycles. The quantitative estimate of drug-likeness (QED) is 0.434. The summed E-state index contributed by atoms with van der Waals surface area (Å²) in [5, 5.41) is 42.1. The SMILES string of the molecule is CN1CC[C@]23C[C@@]4(CC[C@@]2(O)C1Cc1ccc(O)cc13)C(=O)N(Cc1ccc(O)cc1)C(=O)N4CC#N. The van der Waals surface area contributed by atoms with Gasteiger partial charge in [0.05, 0.1) is 18.2 Å². The lowest BCUT2D eigenvalue weighted by molar-refractivity contribution is -0.184. The fourth-order valence-corrected chi connectivity index (χ4v) is 7.65. The summed E-state index contributed by atoms with van der Waals surface area (Å²) in [5.41, 5.74) is -0.707. The number of likely N-dealkylation sites (tertiary alicyclic amines) is 1. The molecule has 4 atom stereocenters. The first kappa shape index (κ1) is 23.8. The van der Waals surface area contributed by atoms with Gasteiger partial charge in [-0.15, -0.1) is 0 Å². The lowest BCUT2D eigenvalue weighted by Gasteiger charge is -2.66. The first-order chi connectivity index (χ1) is 17.6. The van der Waals surface area contributed by atoms with Gasteiger partial charge in [-0.3, -0.25) is 14.6 Å². The number of likely N-dealkylation sites (N-methyl/N-ethyl adjacent to an activating group) is 1. The summed E-state index contributed by atoms with van der Waals surface area (Å²) < 4.78 is 0. The lowest BCUT2D eigenvalue weighted by Crippen LogP contribution is -2.76. The first-order valence-corrected chi connectivity index (χ1v) is 12.7. The highest BCUT2D eigenvalue weighted by molar-refractivity contribution is 6.07. The van der Waals surface area contributed by atoms with Gasteiger partial charge in [-0.05, 0) is 86.7 Å². The topological polar surface area (TPSA) is 128 Å². The molecule has 6 rings (SSSR count). The zero-order valence-corrected chi connectivity index (χ0v) is 20.7. The van der Waals surface area contributed by atoms with Crippen molar-refractivity contribution in [3.05, 3.63) is 59.2 Å². The van der Waals surface area contributed by atoms with Crippen LogP contribution in [0, 0.1) is 11.3 Å². The van der Waals surface area contributed by atoms with E-state index < -0.39 is 22.6 Å². The van der Waals surface area contributed by atoms with E-state index in [1.165, 1.54) is 21.9 Å². The number of aliphatic hydroxyl groups is 1. The minimum absolute atomic E-state index is 0.0294. The van der Waals surface area contributed by atoms with E-state index in [2.05, 4.69) is 11.0 Å². The van der Waals surface area contributed by atoms with Crippen molar-refractivity contribution in [2.45, 2.75) is 61.2 Å². The van der Waals surface area contributed by atoms with E-state index in [1.807, 2.05) is 13.1 Å². The molecule has 3 N–H and O–H groups in total. The van der Waals surface area contributed by atoms with Crippen LogP contribution in [0.1, 0.15) is 42.4 Å². The van der Waals surface area contributed by atoms with Crippen LogP contribution in [0.3, 0.4) is 0 Å². The number of fused-ring (bicyclic) bond motifs is 1. The molecule has 1 unspecified atom stereocenters. The lowest BCUT2D eigenvalue weighted by atomic mass is 9.46. The summed E-state index contributed by atoms with van der Waals surface area (Å²) in [6, 6.07) is 13.0. The molecule has 192 valence electrons. The summed E-state index contributed by atoms with van der Waals surface area (Å²) in [5.74, 6) is -0.170. The number of nitriles is 1. The number of nitrogens with zero attached hydrogens (tertiary/aromatic N) is 4. The predicted octanol–water partition coefficient (Wildman–Crippen LogP) is 2.24. The summed E-state index contributed by atoms with van der Waals surface area (Å²) in [4.78, 5) is 32.6. The molecule has 2 aliphatic heterocycles. The second kappa shape index (κ2) is 7.94. The zero-order valence-electron chi connectivity index (χ0n) is 20.7. The molecule has 9 heteroatoms. The van der Waals surface area contributed by atoms with Gasteiger partial charge in [0.2, 0.25) is 0 Å². The maximum Gasteiger partial charge on any atom is 0.328 e. The number of hydrogen-bond donors (Lipinski definition) is 3. The minimum atomic E-state index is -1.27. The van der Waals surface area contributed by atoms with Crippen molar-refractivity contribution in [2.75, 3.05) is 20.1 Å². The van der Waals surface area contributed by atoms with Crippen LogP contribution in [-0.4, -0.2) is 79.3 Å².